The number of piperidine rings is 1. The van der Waals surface area contributed by atoms with Crippen LogP contribution in [0.15, 0.2) is 16.5 Å². The molecule has 2 heterocycles. The van der Waals surface area contributed by atoms with E-state index in [1.165, 1.54) is 18.4 Å². The third kappa shape index (κ3) is 5.48. The number of sulfonamides is 1. The lowest BCUT2D eigenvalue weighted by Gasteiger charge is -2.26. The van der Waals surface area contributed by atoms with Gasteiger partial charge < -0.3 is 5.32 Å². The van der Waals surface area contributed by atoms with Crippen LogP contribution in [0.5, 0.6) is 0 Å². The maximum Gasteiger partial charge on any atom is 0.246 e. The fraction of sp³-hybridized carbons (Fsp3) is 0.714. The minimum atomic E-state index is -3.52. The van der Waals surface area contributed by atoms with Gasteiger partial charge in [0.15, 0.2) is 0 Å². The van der Waals surface area contributed by atoms with E-state index >= 15 is 0 Å². The van der Waals surface area contributed by atoms with Crippen LogP contribution in [0.2, 0.25) is 0 Å². The summed E-state index contributed by atoms with van der Waals surface area (Å²) in [4.78, 5) is 12.5. The third-order valence-corrected chi connectivity index (χ3v) is 8.08. The quantitative estimate of drug-likeness (QED) is 0.653. The Labute approximate surface area is 174 Å². The maximum atomic E-state index is 13.1. The number of hydrogen-bond acceptors (Lipinski definition) is 4. The number of allylic oxidation sites excluding steroid dienone is 1. The summed E-state index contributed by atoms with van der Waals surface area (Å²) >= 11 is 0. The summed E-state index contributed by atoms with van der Waals surface area (Å²) in [6.45, 7) is 5.71. The molecule has 7 nitrogen and oxygen atoms in total. The monoisotopic (exact) mass is 422 g/mol. The SMILES string of the molecule is Cc1nn(CCC(=O)NCCC2=CCCCC2)c(C)c1S(=O)(=O)N1CCCCC1. The average molecular weight is 423 g/mol. The number of carbonyl (C=O) groups is 1. The molecule has 0 radical (unpaired) electrons. The molecule has 1 aromatic rings. The minimum Gasteiger partial charge on any atom is -0.356 e. The number of amides is 1. The first-order valence-corrected chi connectivity index (χ1v) is 12.3. The van der Waals surface area contributed by atoms with Crippen LogP contribution in [0.3, 0.4) is 0 Å². The lowest BCUT2D eigenvalue weighted by molar-refractivity contribution is -0.121. The minimum absolute atomic E-state index is 0.0191. The second kappa shape index (κ2) is 9.89. The predicted octanol–water partition coefficient (Wildman–Crippen LogP) is 3.07. The van der Waals surface area contributed by atoms with Crippen molar-refractivity contribution in [3.63, 3.8) is 0 Å². The molecule has 0 bridgehead atoms. The lowest BCUT2D eigenvalue weighted by atomic mass is 9.97. The largest absolute Gasteiger partial charge is 0.356 e. The number of aromatic nitrogens is 2. The lowest BCUT2D eigenvalue weighted by Crippen LogP contribution is -2.36. The van der Waals surface area contributed by atoms with Gasteiger partial charge in [-0.3, -0.25) is 9.48 Å². The van der Waals surface area contributed by atoms with E-state index in [-0.39, 0.29) is 5.91 Å². The molecule has 8 heteroatoms. The Morgan fingerprint density at radius 2 is 1.90 bits per heavy atom. The van der Waals surface area contributed by atoms with E-state index in [9.17, 15) is 13.2 Å². The van der Waals surface area contributed by atoms with E-state index in [2.05, 4.69) is 16.5 Å². The number of carbonyl (C=O) groups excluding carboxylic acids is 1. The molecule has 1 N–H and O–H groups in total. The summed E-state index contributed by atoms with van der Waals surface area (Å²) in [5.74, 6) is -0.0191. The third-order valence-electron chi connectivity index (χ3n) is 5.93. The Morgan fingerprint density at radius 3 is 2.59 bits per heavy atom. The first-order valence-electron chi connectivity index (χ1n) is 10.9. The van der Waals surface area contributed by atoms with Crippen LogP contribution in [0.1, 0.15) is 69.2 Å². The molecule has 0 saturated carbocycles. The molecule has 1 amide bonds. The Morgan fingerprint density at radius 1 is 1.14 bits per heavy atom. The second-order valence-corrected chi connectivity index (χ2v) is 10.0. The highest BCUT2D eigenvalue weighted by Crippen LogP contribution is 2.26. The predicted molar refractivity (Wildman–Crippen MR) is 113 cm³/mol. The van der Waals surface area contributed by atoms with E-state index in [1.807, 2.05) is 0 Å². The molecule has 0 spiro atoms. The van der Waals surface area contributed by atoms with Crippen molar-refractivity contribution >= 4 is 15.9 Å². The van der Waals surface area contributed by atoms with Gasteiger partial charge in [0.25, 0.3) is 0 Å². The highest BCUT2D eigenvalue weighted by atomic mass is 32.2. The van der Waals surface area contributed by atoms with Crippen LogP contribution in [-0.2, 0) is 21.4 Å². The first kappa shape index (κ1) is 22.0. The van der Waals surface area contributed by atoms with E-state index in [1.54, 1.807) is 22.8 Å². The van der Waals surface area contributed by atoms with Gasteiger partial charge in [-0.15, -0.1) is 0 Å². The van der Waals surface area contributed by atoms with Gasteiger partial charge in [-0.05, 0) is 58.8 Å². The normalized spacial score (nSPS) is 18.5. The molecule has 1 aromatic heterocycles. The number of rotatable bonds is 8. The summed E-state index contributed by atoms with van der Waals surface area (Å²) in [6, 6.07) is 0. The fourth-order valence-corrected chi connectivity index (χ4v) is 6.19. The maximum absolute atomic E-state index is 13.1. The molecular formula is C21H34N4O3S. The Balaban J connectivity index is 1.55. The summed E-state index contributed by atoms with van der Waals surface area (Å²) in [7, 11) is -3.52. The van der Waals surface area contributed by atoms with Crippen molar-refractivity contribution in [2.45, 2.75) is 83.1 Å². The van der Waals surface area contributed by atoms with Crippen molar-refractivity contribution in [2.75, 3.05) is 19.6 Å². The molecule has 2 aliphatic rings. The van der Waals surface area contributed by atoms with Gasteiger partial charge in [0.05, 0.1) is 17.9 Å². The van der Waals surface area contributed by atoms with Gasteiger partial charge in [-0.25, -0.2) is 8.42 Å². The molecule has 1 fully saturated rings. The standard InChI is InChI=1S/C21H34N4O3S/c1-17-21(29(27,28)24-14-7-4-8-15-24)18(2)25(23-17)16-12-20(26)22-13-11-19-9-5-3-6-10-19/h9H,3-8,10-16H2,1-2H3,(H,22,26). The van der Waals surface area contributed by atoms with Crippen LogP contribution >= 0.6 is 0 Å². The highest BCUT2D eigenvalue weighted by Gasteiger charge is 2.31. The van der Waals surface area contributed by atoms with E-state index in [4.69, 9.17) is 0 Å². The Bertz CT molecular complexity index is 852. The summed E-state index contributed by atoms with van der Waals surface area (Å²) in [5, 5.41) is 7.39. The summed E-state index contributed by atoms with van der Waals surface area (Å²) < 4.78 is 29.4. The van der Waals surface area contributed by atoms with Crippen molar-refractivity contribution in [1.29, 1.82) is 0 Å². The molecule has 1 saturated heterocycles. The summed E-state index contributed by atoms with van der Waals surface area (Å²) in [5.41, 5.74) is 2.58. The van der Waals surface area contributed by atoms with Gasteiger partial charge in [-0.2, -0.15) is 9.40 Å². The van der Waals surface area contributed by atoms with Crippen molar-refractivity contribution in [3.8, 4) is 0 Å². The van der Waals surface area contributed by atoms with Gasteiger partial charge in [0.1, 0.15) is 4.90 Å². The van der Waals surface area contributed by atoms with Crippen molar-refractivity contribution < 1.29 is 13.2 Å². The van der Waals surface area contributed by atoms with Crippen LogP contribution in [0, 0.1) is 13.8 Å². The number of nitrogens with zero attached hydrogens (tertiary/aromatic N) is 3. The molecule has 1 aliphatic heterocycles. The van der Waals surface area contributed by atoms with Gasteiger partial charge in [0.2, 0.25) is 15.9 Å². The molecule has 3 rings (SSSR count). The van der Waals surface area contributed by atoms with Crippen LogP contribution < -0.4 is 5.32 Å². The molecule has 162 valence electrons. The topological polar surface area (TPSA) is 84.3 Å². The number of hydrogen-bond donors (Lipinski definition) is 1. The van der Waals surface area contributed by atoms with E-state index < -0.39 is 10.0 Å². The van der Waals surface area contributed by atoms with Crippen LogP contribution in [0.4, 0.5) is 0 Å². The number of aryl methyl sites for hydroxylation is 2. The zero-order valence-corrected chi connectivity index (χ0v) is 18.6. The van der Waals surface area contributed by atoms with Gasteiger partial charge in [-0.1, -0.05) is 18.1 Å². The molecule has 1 aliphatic carbocycles. The molecule has 0 atom stereocenters. The molecule has 29 heavy (non-hydrogen) atoms. The zero-order chi connectivity index (χ0) is 20.9. The van der Waals surface area contributed by atoms with Crippen molar-refractivity contribution in [2.24, 2.45) is 0 Å². The Kier molecular flexibility index (Phi) is 7.51. The van der Waals surface area contributed by atoms with Crippen molar-refractivity contribution in [1.82, 2.24) is 19.4 Å². The van der Waals surface area contributed by atoms with Crippen LogP contribution in [0.25, 0.3) is 0 Å². The second-order valence-electron chi connectivity index (χ2n) is 8.15. The molecule has 0 unspecified atom stereocenters. The smallest absolute Gasteiger partial charge is 0.246 e. The highest BCUT2D eigenvalue weighted by molar-refractivity contribution is 7.89. The number of nitrogens with one attached hydrogen (secondary N) is 1. The fourth-order valence-electron chi connectivity index (χ4n) is 4.30. The van der Waals surface area contributed by atoms with E-state index in [0.29, 0.717) is 48.9 Å². The van der Waals surface area contributed by atoms with Gasteiger partial charge in [0, 0.05) is 26.1 Å². The van der Waals surface area contributed by atoms with Gasteiger partial charge >= 0.3 is 0 Å². The molecule has 0 aromatic carbocycles. The average Bonchev–Trinajstić information content (AvgIpc) is 3.01. The van der Waals surface area contributed by atoms with E-state index in [0.717, 1.165) is 38.5 Å². The first-order chi connectivity index (χ1) is 13.9. The van der Waals surface area contributed by atoms with Crippen molar-refractivity contribution in [3.05, 3.63) is 23.0 Å². The Hall–Kier alpha value is -1.67. The zero-order valence-electron chi connectivity index (χ0n) is 17.7. The summed E-state index contributed by atoms with van der Waals surface area (Å²) in [6.07, 6.45) is 11.2. The molecular weight excluding hydrogens is 388 g/mol. The van der Waals surface area contributed by atoms with Crippen LogP contribution in [-0.4, -0.2) is 48.0 Å².